The Hall–Kier alpha value is -1.89. The fourth-order valence-corrected chi connectivity index (χ4v) is 2.17. The Bertz CT molecular complexity index is 607. The Balaban J connectivity index is 2.24. The molecule has 2 rings (SSSR count). The molecule has 0 spiro atoms. The Labute approximate surface area is 117 Å². The first-order valence-electron chi connectivity index (χ1n) is 5.42. The molecule has 7 heteroatoms. The van der Waals surface area contributed by atoms with Crippen LogP contribution < -0.4 is 5.32 Å². The molecule has 0 bridgehead atoms. The van der Waals surface area contributed by atoms with E-state index in [1.807, 2.05) is 0 Å². The van der Waals surface area contributed by atoms with E-state index in [-0.39, 0.29) is 12.1 Å². The highest BCUT2D eigenvalue weighted by molar-refractivity contribution is 9.10. The summed E-state index contributed by atoms with van der Waals surface area (Å²) in [6.45, 7) is 0.164. The number of carboxylic acids is 1. The van der Waals surface area contributed by atoms with Gasteiger partial charge in [0.25, 0.3) is 0 Å². The molecule has 100 valence electrons. The third kappa shape index (κ3) is 2.76. The molecule has 0 aliphatic rings. The Morgan fingerprint density at radius 2 is 2.32 bits per heavy atom. The van der Waals surface area contributed by atoms with Gasteiger partial charge in [0.1, 0.15) is 11.4 Å². The van der Waals surface area contributed by atoms with E-state index in [1.165, 1.54) is 16.9 Å². The maximum absolute atomic E-state index is 13.6. The summed E-state index contributed by atoms with van der Waals surface area (Å²) in [6.07, 6.45) is 1.27. The zero-order valence-corrected chi connectivity index (χ0v) is 11.6. The Morgan fingerprint density at radius 1 is 1.58 bits per heavy atom. The van der Waals surface area contributed by atoms with Crippen molar-refractivity contribution >= 4 is 27.6 Å². The molecule has 0 aliphatic heterocycles. The third-order valence-electron chi connectivity index (χ3n) is 2.69. The van der Waals surface area contributed by atoms with Crippen molar-refractivity contribution in [1.29, 1.82) is 0 Å². The largest absolute Gasteiger partial charge is 0.478 e. The van der Waals surface area contributed by atoms with Crippen LogP contribution in [0, 0.1) is 5.82 Å². The van der Waals surface area contributed by atoms with Crippen molar-refractivity contribution in [3.8, 4) is 0 Å². The van der Waals surface area contributed by atoms with Crippen LogP contribution in [0.15, 0.2) is 28.9 Å². The topological polar surface area (TPSA) is 67.2 Å². The van der Waals surface area contributed by atoms with Gasteiger partial charge < -0.3 is 10.4 Å². The first-order valence-corrected chi connectivity index (χ1v) is 6.22. The minimum atomic E-state index is -1.06. The van der Waals surface area contributed by atoms with E-state index in [0.717, 1.165) is 0 Å². The monoisotopic (exact) mass is 327 g/mol. The van der Waals surface area contributed by atoms with Gasteiger partial charge in [0.05, 0.1) is 24.1 Å². The summed E-state index contributed by atoms with van der Waals surface area (Å²) in [6, 6.07) is 4.61. The van der Waals surface area contributed by atoms with Crippen LogP contribution in [0.5, 0.6) is 0 Å². The number of nitrogens with one attached hydrogen (secondary N) is 1. The number of aromatic carboxylic acids is 1. The summed E-state index contributed by atoms with van der Waals surface area (Å²) in [5.41, 5.74) is 0.866. The fourth-order valence-electron chi connectivity index (χ4n) is 1.69. The Morgan fingerprint density at radius 3 is 2.95 bits per heavy atom. The molecule has 1 aromatic heterocycles. The van der Waals surface area contributed by atoms with Crippen molar-refractivity contribution in [2.45, 2.75) is 6.54 Å². The van der Waals surface area contributed by atoms with Crippen molar-refractivity contribution in [2.24, 2.45) is 7.05 Å². The molecular weight excluding hydrogens is 317 g/mol. The summed E-state index contributed by atoms with van der Waals surface area (Å²) in [5.74, 6) is -1.47. The second-order valence-corrected chi connectivity index (χ2v) is 4.74. The quantitative estimate of drug-likeness (QED) is 0.905. The smallest absolute Gasteiger partial charge is 0.339 e. The first kappa shape index (κ1) is 13.5. The molecule has 0 fully saturated rings. The number of carbonyl (C=O) groups is 1. The normalized spacial score (nSPS) is 10.5. The van der Waals surface area contributed by atoms with Crippen molar-refractivity contribution in [2.75, 3.05) is 5.32 Å². The van der Waals surface area contributed by atoms with Gasteiger partial charge >= 0.3 is 5.97 Å². The minimum Gasteiger partial charge on any atom is -0.478 e. The van der Waals surface area contributed by atoms with Crippen LogP contribution in [0.4, 0.5) is 10.1 Å². The predicted molar refractivity (Wildman–Crippen MR) is 71.6 cm³/mol. The average Bonchev–Trinajstić information content (AvgIpc) is 2.70. The first-order chi connectivity index (χ1) is 9.00. The zero-order valence-electron chi connectivity index (χ0n) is 10.0. The van der Waals surface area contributed by atoms with E-state index in [0.29, 0.717) is 15.9 Å². The van der Waals surface area contributed by atoms with Gasteiger partial charge in [0, 0.05) is 11.5 Å². The number of hydrogen-bond acceptors (Lipinski definition) is 3. The number of aromatic nitrogens is 2. The van der Waals surface area contributed by atoms with Gasteiger partial charge in [-0.1, -0.05) is 6.07 Å². The van der Waals surface area contributed by atoms with Crippen LogP contribution in [-0.2, 0) is 13.6 Å². The molecule has 0 amide bonds. The number of aryl methyl sites for hydroxylation is 1. The molecule has 0 radical (unpaired) electrons. The summed E-state index contributed by atoms with van der Waals surface area (Å²) in [4.78, 5) is 11.0. The molecule has 0 unspecified atom stereocenters. The molecular formula is C12H11BrFN3O2. The molecule has 0 aliphatic carbocycles. The van der Waals surface area contributed by atoms with Gasteiger partial charge in [-0.3, -0.25) is 4.68 Å². The fraction of sp³-hybridized carbons (Fsp3) is 0.167. The molecule has 0 saturated heterocycles. The molecule has 1 aromatic carbocycles. The van der Waals surface area contributed by atoms with E-state index in [9.17, 15) is 9.18 Å². The highest BCUT2D eigenvalue weighted by Gasteiger charge is 2.15. The summed E-state index contributed by atoms with van der Waals surface area (Å²) in [7, 11) is 1.64. The SMILES string of the molecule is Cn1ncc(C(=O)O)c1CNc1c(F)cccc1Br. The van der Waals surface area contributed by atoms with Gasteiger partial charge in [-0.05, 0) is 28.1 Å². The van der Waals surface area contributed by atoms with Crippen molar-refractivity contribution in [3.63, 3.8) is 0 Å². The zero-order chi connectivity index (χ0) is 14.0. The minimum absolute atomic E-state index is 0.0995. The maximum atomic E-state index is 13.6. The summed E-state index contributed by atoms with van der Waals surface area (Å²) >= 11 is 3.24. The van der Waals surface area contributed by atoms with Crippen molar-refractivity contribution < 1.29 is 14.3 Å². The lowest BCUT2D eigenvalue weighted by atomic mass is 10.2. The van der Waals surface area contributed by atoms with E-state index in [2.05, 4.69) is 26.3 Å². The number of anilines is 1. The second kappa shape index (κ2) is 5.40. The number of carboxylic acid groups (broad SMARTS) is 1. The van der Waals surface area contributed by atoms with Gasteiger partial charge in [0.15, 0.2) is 0 Å². The highest BCUT2D eigenvalue weighted by Crippen LogP contribution is 2.25. The van der Waals surface area contributed by atoms with E-state index < -0.39 is 11.8 Å². The van der Waals surface area contributed by atoms with Gasteiger partial charge in [-0.25, -0.2) is 9.18 Å². The molecule has 19 heavy (non-hydrogen) atoms. The predicted octanol–water partition coefficient (Wildman–Crippen LogP) is 2.63. The number of hydrogen-bond donors (Lipinski definition) is 2. The molecule has 5 nitrogen and oxygen atoms in total. The Kier molecular flexibility index (Phi) is 3.84. The van der Waals surface area contributed by atoms with Crippen molar-refractivity contribution in [1.82, 2.24) is 9.78 Å². The van der Waals surface area contributed by atoms with Crippen LogP contribution in [-0.4, -0.2) is 20.9 Å². The average molecular weight is 328 g/mol. The summed E-state index contributed by atoms with van der Waals surface area (Å²) in [5, 5.41) is 15.8. The van der Waals surface area contributed by atoms with Crippen molar-refractivity contribution in [3.05, 3.63) is 45.9 Å². The van der Waals surface area contributed by atoms with E-state index in [1.54, 1.807) is 19.2 Å². The molecule has 0 saturated carbocycles. The highest BCUT2D eigenvalue weighted by atomic mass is 79.9. The number of rotatable bonds is 4. The number of benzene rings is 1. The molecule has 2 N–H and O–H groups in total. The maximum Gasteiger partial charge on any atom is 0.339 e. The number of halogens is 2. The standard InChI is InChI=1S/C12H11BrFN3O2/c1-17-10(7(5-16-17)12(18)19)6-15-11-8(13)3-2-4-9(11)14/h2-5,15H,6H2,1H3,(H,18,19). The van der Waals surface area contributed by atoms with Gasteiger partial charge in [-0.15, -0.1) is 0 Å². The molecule has 2 aromatic rings. The van der Waals surface area contributed by atoms with Gasteiger partial charge in [-0.2, -0.15) is 5.10 Å². The van der Waals surface area contributed by atoms with Crippen LogP contribution in [0.3, 0.4) is 0 Å². The lowest BCUT2D eigenvalue weighted by Gasteiger charge is -2.10. The second-order valence-electron chi connectivity index (χ2n) is 3.88. The van der Waals surface area contributed by atoms with Crippen LogP contribution in [0.2, 0.25) is 0 Å². The lowest BCUT2D eigenvalue weighted by Crippen LogP contribution is -2.11. The third-order valence-corrected chi connectivity index (χ3v) is 3.35. The number of nitrogens with zero attached hydrogens (tertiary/aromatic N) is 2. The molecule has 0 atom stereocenters. The van der Waals surface area contributed by atoms with E-state index in [4.69, 9.17) is 5.11 Å². The number of para-hydroxylation sites is 1. The summed E-state index contributed by atoms with van der Waals surface area (Å²) < 4.78 is 15.6. The lowest BCUT2D eigenvalue weighted by molar-refractivity contribution is 0.0695. The van der Waals surface area contributed by atoms with Crippen LogP contribution in [0.1, 0.15) is 16.1 Å². The van der Waals surface area contributed by atoms with E-state index >= 15 is 0 Å². The van der Waals surface area contributed by atoms with Crippen LogP contribution >= 0.6 is 15.9 Å². The van der Waals surface area contributed by atoms with Crippen LogP contribution in [0.25, 0.3) is 0 Å². The van der Waals surface area contributed by atoms with Gasteiger partial charge in [0.2, 0.25) is 0 Å². The molecule has 1 heterocycles.